The highest BCUT2D eigenvalue weighted by Crippen LogP contribution is 2.43. The van der Waals surface area contributed by atoms with Crippen molar-refractivity contribution in [3.63, 3.8) is 0 Å². The summed E-state index contributed by atoms with van der Waals surface area (Å²) < 4.78 is 10.2. The molecule has 0 saturated carbocycles. The Balaban J connectivity index is 2.03. The summed E-state index contributed by atoms with van der Waals surface area (Å²) in [5, 5.41) is 10.7. The van der Waals surface area contributed by atoms with Crippen LogP contribution >= 0.6 is 0 Å². The molecule has 0 aromatic heterocycles. The standard InChI is InChI=1S/C17H24O5/c1-9(6-5-7-21-12(4)18)14-10(2)8-13-15(16(14)19)11(3)17(20)22-13/h9,13,15-16,19H,3,5-8H2,1-2,4H3/t9?,13-,15-,16+/m0/s1. The number of hydrogen-bond acceptors (Lipinski definition) is 5. The highest BCUT2D eigenvalue weighted by molar-refractivity contribution is 5.91. The van der Waals surface area contributed by atoms with Crippen molar-refractivity contribution in [2.45, 2.75) is 52.2 Å². The Bertz CT molecular complexity index is 519. The van der Waals surface area contributed by atoms with Gasteiger partial charge in [-0.3, -0.25) is 4.79 Å². The third kappa shape index (κ3) is 3.24. The number of aliphatic hydroxyl groups excluding tert-OH is 1. The Labute approximate surface area is 131 Å². The van der Waals surface area contributed by atoms with Crippen molar-refractivity contribution >= 4 is 11.9 Å². The van der Waals surface area contributed by atoms with E-state index in [-0.39, 0.29) is 23.9 Å². The number of rotatable bonds is 5. The molecule has 122 valence electrons. The minimum atomic E-state index is -0.721. The van der Waals surface area contributed by atoms with Gasteiger partial charge in [0.1, 0.15) is 6.10 Å². The predicted molar refractivity (Wildman–Crippen MR) is 80.9 cm³/mol. The molecule has 1 aliphatic heterocycles. The molecule has 0 radical (unpaired) electrons. The highest BCUT2D eigenvalue weighted by Gasteiger charge is 2.47. The van der Waals surface area contributed by atoms with Gasteiger partial charge in [-0.1, -0.05) is 19.1 Å². The van der Waals surface area contributed by atoms with Crippen LogP contribution in [0, 0.1) is 11.8 Å². The van der Waals surface area contributed by atoms with Gasteiger partial charge in [-0.05, 0) is 31.3 Å². The van der Waals surface area contributed by atoms with Crippen LogP contribution in [0.15, 0.2) is 23.3 Å². The van der Waals surface area contributed by atoms with E-state index in [1.807, 2.05) is 6.92 Å². The second-order valence-electron chi connectivity index (χ2n) is 6.26. The third-order valence-corrected chi connectivity index (χ3v) is 4.60. The van der Waals surface area contributed by atoms with Crippen LogP contribution in [-0.4, -0.2) is 35.9 Å². The summed E-state index contributed by atoms with van der Waals surface area (Å²) in [5.41, 5.74) is 2.43. The molecule has 0 aromatic carbocycles. The molecule has 0 aromatic rings. The first kappa shape index (κ1) is 16.7. The van der Waals surface area contributed by atoms with E-state index in [0.29, 0.717) is 18.6 Å². The number of hydrogen-bond donors (Lipinski definition) is 1. The molecule has 1 unspecified atom stereocenters. The molecule has 0 spiro atoms. The van der Waals surface area contributed by atoms with E-state index in [1.54, 1.807) is 0 Å². The predicted octanol–water partition coefficient (Wildman–Crippen LogP) is 2.14. The van der Waals surface area contributed by atoms with Crippen molar-refractivity contribution in [2.75, 3.05) is 6.61 Å². The SMILES string of the molecule is C=C1C(=O)O[C@H]2CC(C)=C(C(C)CCCOC(C)=O)[C@@H](O)[C@@H]12. The molecule has 22 heavy (non-hydrogen) atoms. The lowest BCUT2D eigenvalue weighted by Crippen LogP contribution is -2.37. The van der Waals surface area contributed by atoms with E-state index < -0.39 is 12.1 Å². The maximum atomic E-state index is 11.6. The van der Waals surface area contributed by atoms with Gasteiger partial charge in [-0.25, -0.2) is 4.79 Å². The maximum Gasteiger partial charge on any atom is 0.334 e. The quantitative estimate of drug-likeness (QED) is 0.364. The highest BCUT2D eigenvalue weighted by atomic mass is 16.6. The van der Waals surface area contributed by atoms with Gasteiger partial charge in [0.25, 0.3) is 0 Å². The van der Waals surface area contributed by atoms with E-state index in [4.69, 9.17) is 9.47 Å². The number of esters is 2. The summed E-state index contributed by atoms with van der Waals surface area (Å²) in [6.45, 7) is 9.58. The molecule has 1 N–H and O–H groups in total. The van der Waals surface area contributed by atoms with E-state index in [9.17, 15) is 14.7 Å². The summed E-state index contributed by atoms with van der Waals surface area (Å²) in [7, 11) is 0. The van der Waals surface area contributed by atoms with E-state index in [1.165, 1.54) is 6.92 Å². The van der Waals surface area contributed by atoms with Gasteiger partial charge in [0.2, 0.25) is 0 Å². The van der Waals surface area contributed by atoms with Crippen LogP contribution < -0.4 is 0 Å². The molecular formula is C17H24O5. The molecule has 5 heteroatoms. The van der Waals surface area contributed by atoms with Crippen LogP contribution in [0.5, 0.6) is 0 Å². The van der Waals surface area contributed by atoms with Crippen molar-refractivity contribution in [2.24, 2.45) is 11.8 Å². The summed E-state index contributed by atoms with van der Waals surface area (Å²) in [5.74, 6) is -0.843. The molecule has 1 aliphatic carbocycles. The zero-order valence-corrected chi connectivity index (χ0v) is 13.4. The summed E-state index contributed by atoms with van der Waals surface area (Å²) in [4.78, 5) is 22.4. The Kier molecular flexibility index (Phi) is 5.06. The van der Waals surface area contributed by atoms with Crippen LogP contribution in [0.3, 0.4) is 0 Å². The first-order chi connectivity index (χ1) is 10.3. The van der Waals surface area contributed by atoms with Gasteiger partial charge in [0.05, 0.1) is 18.6 Å². The number of ether oxygens (including phenoxy) is 2. The lowest BCUT2D eigenvalue weighted by atomic mass is 9.73. The average molecular weight is 308 g/mol. The van der Waals surface area contributed by atoms with Gasteiger partial charge in [0, 0.05) is 18.9 Å². The van der Waals surface area contributed by atoms with E-state index >= 15 is 0 Å². The zero-order valence-electron chi connectivity index (χ0n) is 13.4. The molecule has 2 aliphatic rings. The van der Waals surface area contributed by atoms with E-state index in [2.05, 4.69) is 13.5 Å². The van der Waals surface area contributed by atoms with Crippen LogP contribution in [0.4, 0.5) is 0 Å². The second-order valence-corrected chi connectivity index (χ2v) is 6.26. The van der Waals surface area contributed by atoms with Gasteiger partial charge in [0.15, 0.2) is 0 Å². The molecule has 4 atom stereocenters. The summed E-state index contributed by atoms with van der Waals surface area (Å²) >= 11 is 0. The Morgan fingerprint density at radius 1 is 1.55 bits per heavy atom. The monoisotopic (exact) mass is 308 g/mol. The Hall–Kier alpha value is -1.62. The molecule has 2 rings (SSSR count). The fourth-order valence-corrected chi connectivity index (χ4v) is 3.55. The third-order valence-electron chi connectivity index (χ3n) is 4.60. The van der Waals surface area contributed by atoms with Crippen LogP contribution in [-0.2, 0) is 19.1 Å². The van der Waals surface area contributed by atoms with Crippen LogP contribution in [0.25, 0.3) is 0 Å². The fourth-order valence-electron chi connectivity index (χ4n) is 3.55. The Morgan fingerprint density at radius 2 is 2.23 bits per heavy atom. The van der Waals surface area contributed by atoms with Crippen molar-refractivity contribution < 1.29 is 24.2 Å². The summed E-state index contributed by atoms with van der Waals surface area (Å²) in [6, 6.07) is 0. The number of aliphatic hydroxyl groups is 1. The first-order valence-corrected chi connectivity index (χ1v) is 7.73. The largest absolute Gasteiger partial charge is 0.466 e. The maximum absolute atomic E-state index is 11.6. The van der Waals surface area contributed by atoms with Crippen LogP contribution in [0.1, 0.15) is 40.0 Å². The second kappa shape index (κ2) is 6.65. The molecule has 1 fully saturated rings. The molecule has 5 nitrogen and oxygen atoms in total. The normalized spacial score (nSPS) is 29.2. The first-order valence-electron chi connectivity index (χ1n) is 7.73. The zero-order chi connectivity index (χ0) is 16.4. The number of carbonyl (C=O) groups excluding carboxylic acids is 2. The minimum absolute atomic E-state index is 0.162. The van der Waals surface area contributed by atoms with Gasteiger partial charge >= 0.3 is 11.9 Å². The lowest BCUT2D eigenvalue weighted by Gasteiger charge is -2.35. The van der Waals surface area contributed by atoms with Gasteiger partial charge < -0.3 is 14.6 Å². The average Bonchev–Trinajstić information content (AvgIpc) is 2.69. The van der Waals surface area contributed by atoms with Crippen molar-refractivity contribution in [1.29, 1.82) is 0 Å². The topological polar surface area (TPSA) is 72.8 Å². The van der Waals surface area contributed by atoms with Crippen molar-refractivity contribution in [3.8, 4) is 0 Å². The number of fused-ring (bicyclic) bond motifs is 1. The smallest absolute Gasteiger partial charge is 0.334 e. The minimum Gasteiger partial charge on any atom is -0.466 e. The van der Waals surface area contributed by atoms with Crippen molar-refractivity contribution in [1.82, 2.24) is 0 Å². The Morgan fingerprint density at radius 3 is 2.86 bits per heavy atom. The number of carbonyl (C=O) groups is 2. The fraction of sp³-hybridized carbons (Fsp3) is 0.647. The molecule has 0 amide bonds. The lowest BCUT2D eigenvalue weighted by molar-refractivity contribution is -0.141. The van der Waals surface area contributed by atoms with Crippen LogP contribution in [0.2, 0.25) is 0 Å². The molecule has 0 bridgehead atoms. The molecular weight excluding hydrogens is 284 g/mol. The van der Waals surface area contributed by atoms with Gasteiger partial charge in [-0.2, -0.15) is 0 Å². The van der Waals surface area contributed by atoms with Gasteiger partial charge in [-0.15, -0.1) is 0 Å². The molecule has 1 heterocycles. The molecule has 1 saturated heterocycles. The van der Waals surface area contributed by atoms with E-state index in [0.717, 1.165) is 24.0 Å². The van der Waals surface area contributed by atoms with Crippen molar-refractivity contribution in [3.05, 3.63) is 23.3 Å². The summed E-state index contributed by atoms with van der Waals surface area (Å²) in [6.07, 6.45) is 1.20.